The lowest BCUT2D eigenvalue weighted by atomic mass is 10.1. The maximum atomic E-state index is 13.5. The molecule has 1 aromatic carbocycles. The number of rotatable bonds is 2. The number of halogens is 1. The third-order valence-corrected chi connectivity index (χ3v) is 2.21. The monoisotopic (exact) mass is 221 g/mol. The number of hydrogen-bond donors (Lipinski definition) is 1. The van der Waals surface area contributed by atoms with Gasteiger partial charge in [-0.3, -0.25) is 0 Å². The number of aryl methyl sites for hydroxylation is 1. The molecule has 2 aromatic rings. The van der Waals surface area contributed by atoms with Gasteiger partial charge in [-0.25, -0.2) is 9.18 Å². The molecule has 82 valence electrons. The van der Waals surface area contributed by atoms with Crippen molar-refractivity contribution in [1.29, 1.82) is 0 Å². The SMILES string of the molecule is Cc1onc(-c2ccccc2F)c1C(=O)O. The minimum atomic E-state index is -1.18. The Balaban J connectivity index is 2.66. The molecule has 0 radical (unpaired) electrons. The van der Waals surface area contributed by atoms with Crippen molar-refractivity contribution in [2.24, 2.45) is 0 Å². The predicted octanol–water partition coefficient (Wildman–Crippen LogP) is 2.49. The number of aromatic nitrogens is 1. The second-order valence-corrected chi connectivity index (χ2v) is 3.25. The molecule has 0 amide bonds. The molecule has 1 aromatic heterocycles. The Morgan fingerprint density at radius 3 is 2.75 bits per heavy atom. The highest BCUT2D eigenvalue weighted by molar-refractivity contribution is 5.95. The van der Waals surface area contributed by atoms with E-state index in [1.165, 1.54) is 25.1 Å². The molecule has 0 atom stereocenters. The van der Waals surface area contributed by atoms with E-state index in [1.807, 2.05) is 0 Å². The molecule has 2 rings (SSSR count). The van der Waals surface area contributed by atoms with Crippen LogP contribution >= 0.6 is 0 Å². The number of benzene rings is 1. The lowest BCUT2D eigenvalue weighted by Crippen LogP contribution is -2.00. The van der Waals surface area contributed by atoms with Crippen LogP contribution in [-0.4, -0.2) is 16.2 Å². The van der Waals surface area contributed by atoms with Gasteiger partial charge in [0, 0.05) is 5.56 Å². The number of carboxylic acid groups (broad SMARTS) is 1. The molecule has 0 aliphatic rings. The van der Waals surface area contributed by atoms with E-state index in [-0.39, 0.29) is 22.6 Å². The van der Waals surface area contributed by atoms with Gasteiger partial charge in [-0.1, -0.05) is 17.3 Å². The molecule has 0 saturated heterocycles. The van der Waals surface area contributed by atoms with Crippen molar-refractivity contribution in [2.45, 2.75) is 6.92 Å². The average Bonchev–Trinajstić information content (AvgIpc) is 2.61. The van der Waals surface area contributed by atoms with Gasteiger partial charge in [0.2, 0.25) is 0 Å². The Hall–Kier alpha value is -2.17. The third kappa shape index (κ3) is 1.56. The van der Waals surface area contributed by atoms with Gasteiger partial charge in [0.05, 0.1) is 0 Å². The molecule has 1 N–H and O–H groups in total. The van der Waals surface area contributed by atoms with Crippen molar-refractivity contribution < 1.29 is 18.8 Å². The minimum absolute atomic E-state index is 0.0168. The molecule has 0 saturated carbocycles. The van der Waals surface area contributed by atoms with Gasteiger partial charge >= 0.3 is 5.97 Å². The molecular formula is C11H8FNO3. The van der Waals surface area contributed by atoms with Crippen LogP contribution in [0.15, 0.2) is 28.8 Å². The molecule has 0 spiro atoms. The number of carbonyl (C=O) groups is 1. The van der Waals surface area contributed by atoms with Crippen molar-refractivity contribution >= 4 is 5.97 Å². The smallest absolute Gasteiger partial charge is 0.341 e. The first kappa shape index (κ1) is 10.4. The van der Waals surface area contributed by atoms with E-state index in [0.29, 0.717) is 0 Å². The summed E-state index contributed by atoms with van der Waals surface area (Å²) in [6, 6.07) is 5.82. The van der Waals surface area contributed by atoms with Gasteiger partial charge in [-0.05, 0) is 19.1 Å². The van der Waals surface area contributed by atoms with Crippen LogP contribution < -0.4 is 0 Å². The second kappa shape index (κ2) is 3.77. The largest absolute Gasteiger partial charge is 0.477 e. The summed E-state index contributed by atoms with van der Waals surface area (Å²) in [6.45, 7) is 1.47. The van der Waals surface area contributed by atoms with Crippen molar-refractivity contribution in [3.05, 3.63) is 41.4 Å². The lowest BCUT2D eigenvalue weighted by Gasteiger charge is -1.99. The van der Waals surface area contributed by atoms with Gasteiger partial charge < -0.3 is 9.63 Å². The zero-order valence-corrected chi connectivity index (χ0v) is 8.40. The first-order chi connectivity index (χ1) is 7.61. The normalized spacial score (nSPS) is 10.4. The molecule has 1 heterocycles. The first-order valence-electron chi connectivity index (χ1n) is 4.55. The van der Waals surface area contributed by atoms with E-state index >= 15 is 0 Å². The summed E-state index contributed by atoms with van der Waals surface area (Å²) in [7, 11) is 0. The molecule has 16 heavy (non-hydrogen) atoms. The predicted molar refractivity (Wildman–Crippen MR) is 53.6 cm³/mol. The van der Waals surface area contributed by atoms with Crippen molar-refractivity contribution in [1.82, 2.24) is 5.16 Å². The van der Waals surface area contributed by atoms with E-state index in [0.717, 1.165) is 0 Å². The Bertz CT molecular complexity index is 548. The van der Waals surface area contributed by atoms with Crippen LogP contribution in [0.25, 0.3) is 11.3 Å². The van der Waals surface area contributed by atoms with Crippen molar-refractivity contribution in [3.63, 3.8) is 0 Å². The number of nitrogens with zero attached hydrogens (tertiary/aromatic N) is 1. The number of hydrogen-bond acceptors (Lipinski definition) is 3. The van der Waals surface area contributed by atoms with Crippen LogP contribution in [0.3, 0.4) is 0 Å². The summed E-state index contributed by atoms with van der Waals surface area (Å²) in [5, 5.41) is 12.5. The quantitative estimate of drug-likeness (QED) is 0.846. The zero-order valence-electron chi connectivity index (χ0n) is 8.40. The van der Waals surface area contributed by atoms with Gasteiger partial charge in [-0.2, -0.15) is 0 Å². The molecule has 4 nitrogen and oxygen atoms in total. The lowest BCUT2D eigenvalue weighted by molar-refractivity contribution is 0.0696. The highest BCUT2D eigenvalue weighted by Crippen LogP contribution is 2.27. The van der Waals surface area contributed by atoms with E-state index in [1.54, 1.807) is 6.07 Å². The topological polar surface area (TPSA) is 63.3 Å². The fraction of sp³-hybridized carbons (Fsp3) is 0.0909. The van der Waals surface area contributed by atoms with Crippen LogP contribution in [0.5, 0.6) is 0 Å². The van der Waals surface area contributed by atoms with Gasteiger partial charge in [0.1, 0.15) is 22.8 Å². The summed E-state index contributed by atoms with van der Waals surface area (Å²) in [5.41, 5.74) is 0.0324. The Kier molecular flexibility index (Phi) is 2.44. The van der Waals surface area contributed by atoms with Crippen LogP contribution in [0.2, 0.25) is 0 Å². The van der Waals surface area contributed by atoms with Crippen molar-refractivity contribution in [3.8, 4) is 11.3 Å². The molecule has 0 bridgehead atoms. The van der Waals surface area contributed by atoms with Crippen LogP contribution in [-0.2, 0) is 0 Å². The molecule has 0 fully saturated rings. The summed E-state index contributed by atoms with van der Waals surface area (Å²) < 4.78 is 18.2. The van der Waals surface area contributed by atoms with Gasteiger partial charge in [0.15, 0.2) is 0 Å². The molecule has 0 unspecified atom stereocenters. The first-order valence-corrected chi connectivity index (χ1v) is 4.55. The molecule has 0 aliphatic carbocycles. The van der Waals surface area contributed by atoms with E-state index in [9.17, 15) is 9.18 Å². The van der Waals surface area contributed by atoms with Gasteiger partial charge in [-0.15, -0.1) is 0 Å². The third-order valence-electron chi connectivity index (χ3n) is 2.21. The maximum absolute atomic E-state index is 13.5. The zero-order chi connectivity index (χ0) is 11.7. The molecule has 5 heteroatoms. The summed E-state index contributed by atoms with van der Waals surface area (Å²) >= 11 is 0. The number of aromatic carboxylic acids is 1. The fourth-order valence-corrected chi connectivity index (χ4v) is 1.46. The summed E-state index contributed by atoms with van der Waals surface area (Å²) in [5.74, 6) is -1.55. The highest BCUT2D eigenvalue weighted by Gasteiger charge is 2.22. The average molecular weight is 221 g/mol. The van der Waals surface area contributed by atoms with Gasteiger partial charge in [0.25, 0.3) is 0 Å². The van der Waals surface area contributed by atoms with Crippen LogP contribution in [0.1, 0.15) is 16.1 Å². The second-order valence-electron chi connectivity index (χ2n) is 3.25. The van der Waals surface area contributed by atoms with E-state index < -0.39 is 11.8 Å². The maximum Gasteiger partial charge on any atom is 0.341 e. The van der Waals surface area contributed by atoms with E-state index in [4.69, 9.17) is 9.63 Å². The summed E-state index contributed by atoms with van der Waals surface area (Å²) in [4.78, 5) is 11.0. The van der Waals surface area contributed by atoms with Crippen molar-refractivity contribution in [2.75, 3.05) is 0 Å². The Labute approximate surface area is 90.3 Å². The van der Waals surface area contributed by atoms with Crippen LogP contribution in [0.4, 0.5) is 4.39 Å². The standard InChI is InChI=1S/C11H8FNO3/c1-6-9(11(14)15)10(13-16-6)7-4-2-3-5-8(7)12/h2-5H,1H3,(H,14,15). The van der Waals surface area contributed by atoms with Crippen LogP contribution in [0, 0.1) is 12.7 Å². The minimum Gasteiger partial charge on any atom is -0.477 e. The Morgan fingerprint density at radius 1 is 1.44 bits per heavy atom. The highest BCUT2D eigenvalue weighted by atomic mass is 19.1. The molecular weight excluding hydrogens is 213 g/mol. The molecule has 0 aliphatic heterocycles. The number of carboxylic acids is 1. The summed E-state index contributed by atoms with van der Waals surface area (Å²) in [6.07, 6.45) is 0. The fourth-order valence-electron chi connectivity index (χ4n) is 1.46. The Morgan fingerprint density at radius 2 is 2.12 bits per heavy atom. The van der Waals surface area contributed by atoms with E-state index in [2.05, 4.69) is 5.16 Å².